The molecule has 0 amide bonds. The summed E-state index contributed by atoms with van der Waals surface area (Å²) in [5.41, 5.74) is 9.01. The number of nitrogen functional groups attached to an aromatic ring is 1. The van der Waals surface area contributed by atoms with Crippen LogP contribution in [0.25, 0.3) is 11.1 Å². The highest BCUT2D eigenvalue weighted by atomic mass is 79.9. The number of nitrogens with one attached hydrogen (secondary N) is 1. The second-order valence-corrected chi connectivity index (χ2v) is 5.03. The highest BCUT2D eigenvalue weighted by Gasteiger charge is 2.08. The Morgan fingerprint density at radius 3 is 2.85 bits per heavy atom. The van der Waals surface area contributed by atoms with Crippen molar-refractivity contribution in [1.29, 1.82) is 5.26 Å². The molecule has 1 aromatic heterocycles. The van der Waals surface area contributed by atoms with Crippen molar-refractivity contribution in [2.24, 2.45) is 0 Å². The molecule has 3 aromatic rings. The van der Waals surface area contributed by atoms with Gasteiger partial charge in [-0.3, -0.25) is 0 Å². The lowest BCUT2D eigenvalue weighted by molar-refractivity contribution is 0.623. The number of nitriles is 1. The summed E-state index contributed by atoms with van der Waals surface area (Å²) < 4.78 is 6.34. The van der Waals surface area contributed by atoms with Crippen LogP contribution in [-0.2, 0) is 0 Å². The molecule has 1 heterocycles. The van der Waals surface area contributed by atoms with Crippen molar-refractivity contribution in [3.8, 4) is 6.07 Å². The average molecular weight is 329 g/mol. The fraction of sp³-hybridized carbons (Fsp3) is 0. The first kappa shape index (κ1) is 12.5. The zero-order chi connectivity index (χ0) is 14.1. The van der Waals surface area contributed by atoms with Gasteiger partial charge in [-0.25, -0.2) is 0 Å². The topological polar surface area (TPSA) is 87.9 Å². The molecule has 0 atom stereocenters. The maximum Gasteiger partial charge on any atom is 0.300 e. The van der Waals surface area contributed by atoms with Crippen LogP contribution >= 0.6 is 15.9 Å². The normalized spacial score (nSPS) is 10.4. The van der Waals surface area contributed by atoms with Gasteiger partial charge in [-0.1, -0.05) is 0 Å². The monoisotopic (exact) mass is 328 g/mol. The van der Waals surface area contributed by atoms with Gasteiger partial charge in [0.25, 0.3) is 6.01 Å². The largest absolute Gasteiger partial charge is 0.423 e. The summed E-state index contributed by atoms with van der Waals surface area (Å²) in [6, 6.07) is 13.0. The molecule has 0 fully saturated rings. The second kappa shape index (κ2) is 4.87. The lowest BCUT2D eigenvalue weighted by Crippen LogP contribution is -1.91. The van der Waals surface area contributed by atoms with Crippen LogP contribution in [0.15, 0.2) is 45.3 Å². The minimum atomic E-state index is 0.371. The van der Waals surface area contributed by atoms with Gasteiger partial charge < -0.3 is 15.5 Å². The summed E-state index contributed by atoms with van der Waals surface area (Å²) >= 11 is 3.40. The molecule has 98 valence electrons. The third-order valence-electron chi connectivity index (χ3n) is 2.75. The van der Waals surface area contributed by atoms with Gasteiger partial charge in [-0.05, 0) is 46.3 Å². The lowest BCUT2D eigenvalue weighted by atomic mass is 10.2. The predicted octanol–water partition coefficient (Wildman–Crippen LogP) is 3.79. The second-order valence-electron chi connectivity index (χ2n) is 4.18. The number of halogens is 1. The zero-order valence-electron chi connectivity index (χ0n) is 10.2. The molecule has 2 aromatic carbocycles. The number of hydrogen-bond donors (Lipinski definition) is 2. The SMILES string of the molecule is N#Cc1ccc(Nc2nc3ccc(N)cc3o2)c(Br)c1. The summed E-state index contributed by atoms with van der Waals surface area (Å²) in [6.45, 7) is 0. The maximum absolute atomic E-state index is 8.83. The van der Waals surface area contributed by atoms with Crippen LogP contribution in [0.2, 0.25) is 0 Å². The fourth-order valence-electron chi connectivity index (χ4n) is 1.80. The molecule has 0 saturated heterocycles. The van der Waals surface area contributed by atoms with E-state index in [1.165, 1.54) is 0 Å². The molecule has 6 heteroatoms. The van der Waals surface area contributed by atoms with E-state index in [-0.39, 0.29) is 0 Å². The van der Waals surface area contributed by atoms with Crippen LogP contribution in [0.3, 0.4) is 0 Å². The number of anilines is 3. The van der Waals surface area contributed by atoms with Crippen LogP contribution in [0.1, 0.15) is 5.56 Å². The molecule has 0 aliphatic carbocycles. The van der Waals surface area contributed by atoms with Crippen molar-refractivity contribution in [3.05, 3.63) is 46.4 Å². The van der Waals surface area contributed by atoms with E-state index in [0.29, 0.717) is 22.8 Å². The van der Waals surface area contributed by atoms with E-state index < -0.39 is 0 Å². The molecule has 0 aliphatic heterocycles. The summed E-state index contributed by atoms with van der Waals surface area (Å²) in [6.07, 6.45) is 0. The molecule has 0 unspecified atom stereocenters. The molecular formula is C14H9BrN4O. The quantitative estimate of drug-likeness (QED) is 0.699. The number of aromatic nitrogens is 1. The van der Waals surface area contributed by atoms with E-state index >= 15 is 0 Å². The van der Waals surface area contributed by atoms with E-state index in [0.717, 1.165) is 15.7 Å². The van der Waals surface area contributed by atoms with E-state index in [9.17, 15) is 0 Å². The van der Waals surface area contributed by atoms with Crippen molar-refractivity contribution >= 4 is 44.4 Å². The average Bonchev–Trinajstić information content (AvgIpc) is 2.82. The van der Waals surface area contributed by atoms with E-state index in [2.05, 4.69) is 32.3 Å². The van der Waals surface area contributed by atoms with E-state index in [4.69, 9.17) is 15.4 Å². The molecule has 0 bridgehead atoms. The molecule has 0 radical (unpaired) electrons. The van der Waals surface area contributed by atoms with Crippen LogP contribution in [0, 0.1) is 11.3 Å². The minimum Gasteiger partial charge on any atom is -0.423 e. The van der Waals surface area contributed by atoms with Crippen molar-refractivity contribution < 1.29 is 4.42 Å². The number of fused-ring (bicyclic) bond motifs is 1. The van der Waals surface area contributed by atoms with Crippen molar-refractivity contribution in [2.75, 3.05) is 11.1 Å². The smallest absolute Gasteiger partial charge is 0.300 e. The Morgan fingerprint density at radius 2 is 2.10 bits per heavy atom. The molecule has 20 heavy (non-hydrogen) atoms. The van der Waals surface area contributed by atoms with Gasteiger partial charge in [0.2, 0.25) is 0 Å². The number of oxazole rings is 1. The standard InChI is InChI=1S/C14H9BrN4O/c15-10-5-8(7-16)1-3-11(10)18-14-19-12-4-2-9(17)6-13(12)20-14/h1-6H,17H2,(H,18,19). The van der Waals surface area contributed by atoms with Crippen LogP contribution in [0.5, 0.6) is 0 Å². The van der Waals surface area contributed by atoms with Gasteiger partial charge in [0, 0.05) is 16.2 Å². The van der Waals surface area contributed by atoms with Gasteiger partial charge in [0.1, 0.15) is 5.52 Å². The lowest BCUT2D eigenvalue weighted by Gasteiger charge is -2.04. The molecule has 0 saturated carbocycles. The molecule has 3 N–H and O–H groups in total. The van der Waals surface area contributed by atoms with Gasteiger partial charge in [0.15, 0.2) is 5.58 Å². The van der Waals surface area contributed by atoms with Gasteiger partial charge in [-0.2, -0.15) is 10.2 Å². The first-order valence-corrected chi connectivity index (χ1v) is 6.58. The number of rotatable bonds is 2. The van der Waals surface area contributed by atoms with Gasteiger partial charge >= 0.3 is 0 Å². The molecule has 0 spiro atoms. The minimum absolute atomic E-state index is 0.371. The van der Waals surface area contributed by atoms with Gasteiger partial charge in [-0.15, -0.1) is 0 Å². The van der Waals surface area contributed by atoms with Crippen molar-refractivity contribution in [2.45, 2.75) is 0 Å². The van der Waals surface area contributed by atoms with Crippen LogP contribution in [0.4, 0.5) is 17.4 Å². The van der Waals surface area contributed by atoms with Crippen molar-refractivity contribution in [1.82, 2.24) is 4.98 Å². The molecule has 3 rings (SSSR count). The summed E-state index contributed by atoms with van der Waals surface area (Å²) in [4.78, 5) is 4.31. The van der Waals surface area contributed by atoms with Crippen LogP contribution < -0.4 is 11.1 Å². The Hall–Kier alpha value is -2.52. The summed E-state index contributed by atoms with van der Waals surface area (Å²) in [5, 5.41) is 11.9. The van der Waals surface area contributed by atoms with E-state index in [1.807, 2.05) is 0 Å². The summed E-state index contributed by atoms with van der Waals surface area (Å²) in [5.74, 6) is 0. The van der Waals surface area contributed by atoms with Crippen molar-refractivity contribution in [3.63, 3.8) is 0 Å². The number of benzene rings is 2. The Morgan fingerprint density at radius 1 is 1.25 bits per heavy atom. The predicted molar refractivity (Wildman–Crippen MR) is 80.6 cm³/mol. The Bertz CT molecular complexity index is 835. The Kier molecular flexibility index (Phi) is 3.05. The Balaban J connectivity index is 1.95. The highest BCUT2D eigenvalue weighted by Crippen LogP contribution is 2.28. The zero-order valence-corrected chi connectivity index (χ0v) is 11.8. The van der Waals surface area contributed by atoms with Crippen LogP contribution in [-0.4, -0.2) is 4.98 Å². The van der Waals surface area contributed by atoms with Gasteiger partial charge in [0.05, 0.1) is 17.3 Å². The number of nitrogens with two attached hydrogens (primary N) is 1. The first-order valence-electron chi connectivity index (χ1n) is 5.78. The third kappa shape index (κ3) is 2.31. The fourth-order valence-corrected chi connectivity index (χ4v) is 2.27. The Labute approximate surface area is 123 Å². The summed E-state index contributed by atoms with van der Waals surface area (Å²) in [7, 11) is 0. The molecule has 0 aliphatic rings. The first-order chi connectivity index (χ1) is 9.65. The number of nitrogens with zero attached hydrogens (tertiary/aromatic N) is 2. The highest BCUT2D eigenvalue weighted by molar-refractivity contribution is 9.10. The molecule has 5 nitrogen and oxygen atoms in total. The number of hydrogen-bond acceptors (Lipinski definition) is 5. The maximum atomic E-state index is 8.83. The molecular weight excluding hydrogens is 320 g/mol. The van der Waals surface area contributed by atoms with E-state index in [1.54, 1.807) is 36.4 Å². The third-order valence-corrected chi connectivity index (χ3v) is 3.41.